The molecule has 0 bridgehead atoms. The van der Waals surface area contributed by atoms with Crippen LogP contribution < -0.4 is 11.1 Å². The molecule has 2 atom stereocenters. The van der Waals surface area contributed by atoms with E-state index in [2.05, 4.69) is 10.3 Å². The number of thiazole rings is 1. The number of benzene rings is 1. The van der Waals surface area contributed by atoms with Crippen molar-refractivity contribution >= 4 is 29.7 Å². The Labute approximate surface area is 135 Å². The Bertz CT molecular complexity index is 598. The minimum atomic E-state index is -0.501. The maximum Gasteiger partial charge on any atom is 0.237 e. The predicted octanol–water partition coefficient (Wildman–Crippen LogP) is 3.06. The summed E-state index contributed by atoms with van der Waals surface area (Å²) in [6.45, 7) is 5.60. The van der Waals surface area contributed by atoms with E-state index in [1.54, 1.807) is 18.3 Å². The second-order valence-corrected chi connectivity index (χ2v) is 5.88. The lowest BCUT2D eigenvalue weighted by molar-refractivity contribution is -0.122. The van der Waals surface area contributed by atoms with Gasteiger partial charge in [0.2, 0.25) is 5.91 Å². The molecule has 21 heavy (non-hydrogen) atoms. The van der Waals surface area contributed by atoms with Gasteiger partial charge in [-0.1, -0.05) is 30.3 Å². The third-order valence-electron chi connectivity index (χ3n) is 3.02. The molecule has 1 aromatic heterocycles. The minimum Gasteiger partial charge on any atom is -0.347 e. The van der Waals surface area contributed by atoms with Gasteiger partial charge in [0.05, 0.1) is 22.7 Å². The molecule has 0 fully saturated rings. The van der Waals surface area contributed by atoms with Crippen LogP contribution in [0.2, 0.25) is 0 Å². The Kier molecular flexibility index (Phi) is 6.33. The van der Waals surface area contributed by atoms with Crippen molar-refractivity contribution in [2.24, 2.45) is 5.73 Å². The Morgan fingerprint density at radius 2 is 1.90 bits per heavy atom. The lowest BCUT2D eigenvalue weighted by Crippen LogP contribution is -2.39. The van der Waals surface area contributed by atoms with E-state index in [9.17, 15) is 4.79 Å². The highest BCUT2D eigenvalue weighted by atomic mass is 35.5. The fraction of sp³-hybridized carbons (Fsp3) is 0.333. The zero-order valence-electron chi connectivity index (χ0n) is 12.3. The second-order valence-electron chi connectivity index (χ2n) is 4.85. The molecule has 0 aliphatic rings. The van der Waals surface area contributed by atoms with Crippen LogP contribution in [-0.4, -0.2) is 16.9 Å². The summed E-state index contributed by atoms with van der Waals surface area (Å²) in [5, 5.41) is 3.88. The van der Waals surface area contributed by atoms with Crippen molar-refractivity contribution in [2.75, 3.05) is 0 Å². The first-order valence-corrected chi connectivity index (χ1v) is 7.39. The molecule has 0 aliphatic heterocycles. The van der Waals surface area contributed by atoms with Crippen molar-refractivity contribution in [1.29, 1.82) is 0 Å². The molecular weight excluding hydrogens is 306 g/mol. The SMILES string of the molecule is Cc1nc(-c2ccccc2)sc1C(C)NC(=O)[C@H](C)N.Cl. The van der Waals surface area contributed by atoms with E-state index >= 15 is 0 Å². The van der Waals surface area contributed by atoms with Gasteiger partial charge in [-0.05, 0) is 20.8 Å². The van der Waals surface area contributed by atoms with Crippen LogP contribution in [0, 0.1) is 6.92 Å². The molecule has 0 aliphatic carbocycles. The van der Waals surface area contributed by atoms with Gasteiger partial charge < -0.3 is 11.1 Å². The van der Waals surface area contributed by atoms with Gasteiger partial charge in [0.15, 0.2) is 0 Å². The Hall–Kier alpha value is -1.43. The predicted molar refractivity (Wildman–Crippen MR) is 89.7 cm³/mol. The lowest BCUT2D eigenvalue weighted by Gasteiger charge is -2.14. The average molecular weight is 326 g/mol. The number of nitrogens with zero attached hydrogens (tertiary/aromatic N) is 1. The van der Waals surface area contributed by atoms with Crippen LogP contribution in [0.5, 0.6) is 0 Å². The maximum absolute atomic E-state index is 11.7. The first-order chi connectivity index (χ1) is 9.49. The van der Waals surface area contributed by atoms with Gasteiger partial charge in [0.1, 0.15) is 5.01 Å². The summed E-state index contributed by atoms with van der Waals surface area (Å²) in [7, 11) is 0. The molecule has 0 spiro atoms. The molecule has 2 aromatic rings. The van der Waals surface area contributed by atoms with Crippen LogP contribution in [0.15, 0.2) is 30.3 Å². The number of halogens is 1. The van der Waals surface area contributed by atoms with Crippen LogP contribution in [0.4, 0.5) is 0 Å². The molecule has 0 saturated carbocycles. The summed E-state index contributed by atoms with van der Waals surface area (Å²) in [4.78, 5) is 17.3. The molecule has 4 nitrogen and oxygen atoms in total. The van der Waals surface area contributed by atoms with Gasteiger partial charge in [0, 0.05) is 5.56 Å². The summed E-state index contributed by atoms with van der Waals surface area (Å²) in [5.41, 5.74) is 7.62. The van der Waals surface area contributed by atoms with Crippen LogP contribution in [0.3, 0.4) is 0 Å². The topological polar surface area (TPSA) is 68.0 Å². The summed E-state index contributed by atoms with van der Waals surface area (Å²) in [6, 6.07) is 9.46. The monoisotopic (exact) mass is 325 g/mol. The number of aryl methyl sites for hydroxylation is 1. The first kappa shape index (κ1) is 17.6. The number of rotatable bonds is 4. The van der Waals surface area contributed by atoms with E-state index in [1.165, 1.54) is 0 Å². The smallest absolute Gasteiger partial charge is 0.237 e. The highest BCUT2D eigenvalue weighted by molar-refractivity contribution is 7.15. The van der Waals surface area contributed by atoms with Gasteiger partial charge in [0.25, 0.3) is 0 Å². The quantitative estimate of drug-likeness (QED) is 0.907. The Morgan fingerprint density at radius 1 is 1.29 bits per heavy atom. The molecule has 1 aromatic carbocycles. The van der Waals surface area contributed by atoms with E-state index in [-0.39, 0.29) is 24.4 Å². The number of hydrogen-bond donors (Lipinski definition) is 2. The van der Waals surface area contributed by atoms with Crippen molar-refractivity contribution in [3.05, 3.63) is 40.9 Å². The fourth-order valence-electron chi connectivity index (χ4n) is 1.92. The van der Waals surface area contributed by atoms with Crippen molar-refractivity contribution < 1.29 is 4.79 Å². The Balaban J connectivity index is 0.00000220. The summed E-state index contributed by atoms with van der Waals surface area (Å²) in [6.07, 6.45) is 0. The number of carbonyl (C=O) groups excluding carboxylic acids is 1. The summed E-state index contributed by atoms with van der Waals surface area (Å²) >= 11 is 1.61. The van der Waals surface area contributed by atoms with Gasteiger partial charge in [-0.15, -0.1) is 23.7 Å². The molecule has 2 rings (SSSR count). The van der Waals surface area contributed by atoms with Crippen molar-refractivity contribution in [1.82, 2.24) is 10.3 Å². The number of carbonyl (C=O) groups is 1. The van der Waals surface area contributed by atoms with E-state index in [0.29, 0.717) is 0 Å². The highest BCUT2D eigenvalue weighted by Gasteiger charge is 2.18. The van der Waals surface area contributed by atoms with E-state index < -0.39 is 6.04 Å². The maximum atomic E-state index is 11.7. The van der Waals surface area contributed by atoms with Crippen LogP contribution in [0.1, 0.15) is 30.5 Å². The molecule has 6 heteroatoms. The Morgan fingerprint density at radius 3 is 2.48 bits per heavy atom. The number of aromatic nitrogens is 1. The summed E-state index contributed by atoms with van der Waals surface area (Å²) in [5.74, 6) is -0.147. The average Bonchev–Trinajstić information content (AvgIpc) is 2.81. The number of nitrogens with one attached hydrogen (secondary N) is 1. The van der Waals surface area contributed by atoms with E-state index in [0.717, 1.165) is 21.1 Å². The number of hydrogen-bond acceptors (Lipinski definition) is 4. The van der Waals surface area contributed by atoms with E-state index in [4.69, 9.17) is 5.73 Å². The van der Waals surface area contributed by atoms with Crippen LogP contribution in [-0.2, 0) is 4.79 Å². The highest BCUT2D eigenvalue weighted by Crippen LogP contribution is 2.31. The molecule has 114 valence electrons. The largest absolute Gasteiger partial charge is 0.347 e. The standard InChI is InChI=1S/C15H19N3OS.ClH/c1-9(16)14(19)17-10(2)13-11(3)18-15(20-13)12-7-5-4-6-8-12;/h4-10H,16H2,1-3H3,(H,17,19);1H/t9-,10?;/m0./s1. The molecular formula is C15H20ClN3OS. The molecule has 0 radical (unpaired) electrons. The second kappa shape index (κ2) is 7.54. The van der Waals surface area contributed by atoms with Gasteiger partial charge >= 0.3 is 0 Å². The molecule has 3 N–H and O–H groups in total. The van der Waals surface area contributed by atoms with Crippen molar-refractivity contribution in [2.45, 2.75) is 32.9 Å². The van der Waals surface area contributed by atoms with Crippen molar-refractivity contribution in [3.63, 3.8) is 0 Å². The van der Waals surface area contributed by atoms with Crippen molar-refractivity contribution in [3.8, 4) is 10.6 Å². The van der Waals surface area contributed by atoms with Crippen LogP contribution in [0.25, 0.3) is 10.6 Å². The number of amides is 1. The minimum absolute atomic E-state index is 0. The van der Waals surface area contributed by atoms with Gasteiger partial charge in [-0.2, -0.15) is 0 Å². The normalized spacial score (nSPS) is 13.1. The summed E-state index contributed by atoms with van der Waals surface area (Å²) < 4.78 is 0. The molecule has 1 amide bonds. The lowest BCUT2D eigenvalue weighted by atomic mass is 10.2. The first-order valence-electron chi connectivity index (χ1n) is 6.57. The van der Waals surface area contributed by atoms with Crippen LogP contribution >= 0.6 is 23.7 Å². The van der Waals surface area contributed by atoms with E-state index in [1.807, 2.05) is 44.2 Å². The molecule has 0 saturated heterocycles. The third-order valence-corrected chi connectivity index (χ3v) is 4.41. The third kappa shape index (κ3) is 4.27. The molecule has 1 unspecified atom stereocenters. The fourth-order valence-corrected chi connectivity index (χ4v) is 3.00. The van der Waals surface area contributed by atoms with Gasteiger partial charge in [-0.3, -0.25) is 4.79 Å². The zero-order valence-corrected chi connectivity index (χ0v) is 13.9. The molecule has 1 heterocycles. The number of nitrogens with two attached hydrogens (primary N) is 1. The van der Waals surface area contributed by atoms with Gasteiger partial charge in [-0.25, -0.2) is 4.98 Å². The zero-order chi connectivity index (χ0) is 14.7.